The highest BCUT2D eigenvalue weighted by molar-refractivity contribution is 6.15. The maximum Gasteiger partial charge on any atom is 0.254 e. The second-order valence-electron chi connectivity index (χ2n) is 10.5. The van der Waals surface area contributed by atoms with Gasteiger partial charge in [-0.1, -0.05) is 18.6 Å². The Kier molecular flexibility index (Phi) is 9.17. The molecule has 42 heavy (non-hydrogen) atoms. The van der Waals surface area contributed by atoms with E-state index in [0.29, 0.717) is 17.9 Å². The fourth-order valence-corrected chi connectivity index (χ4v) is 5.14. The number of nitrogens with zero attached hydrogens (tertiary/aromatic N) is 2. The number of hydrogen-bond donors (Lipinski definition) is 0. The first kappa shape index (κ1) is 29.3. The van der Waals surface area contributed by atoms with Crippen molar-refractivity contribution in [2.45, 2.75) is 19.3 Å². The fraction of sp³-hybridized carbons (Fsp3) is 0.273. The third-order valence-corrected chi connectivity index (χ3v) is 7.39. The Labute approximate surface area is 241 Å². The van der Waals surface area contributed by atoms with Gasteiger partial charge in [0.1, 0.15) is 12.4 Å². The highest BCUT2D eigenvalue weighted by atomic mass is 19.2. The minimum atomic E-state index is -1.07. The van der Waals surface area contributed by atoms with Crippen molar-refractivity contribution >= 4 is 23.8 Å². The van der Waals surface area contributed by atoms with Crippen LogP contribution in [0.5, 0.6) is 5.75 Å². The Balaban J connectivity index is 1.36. The average Bonchev–Trinajstić information content (AvgIpc) is 2.99. The lowest BCUT2D eigenvalue weighted by atomic mass is 9.93. The van der Waals surface area contributed by atoms with Crippen LogP contribution < -0.4 is 4.74 Å². The summed E-state index contributed by atoms with van der Waals surface area (Å²) in [5, 5.41) is 0. The first-order valence-electron chi connectivity index (χ1n) is 13.9. The van der Waals surface area contributed by atoms with Crippen LogP contribution in [0.15, 0.2) is 71.8 Å². The van der Waals surface area contributed by atoms with Crippen LogP contribution in [0.4, 0.5) is 17.6 Å². The van der Waals surface area contributed by atoms with Gasteiger partial charge in [-0.05, 0) is 97.7 Å². The highest BCUT2D eigenvalue weighted by Crippen LogP contribution is 2.25. The molecule has 5 nitrogen and oxygen atoms in total. The number of ketones is 1. The normalized spacial score (nSPS) is 18.1. The first-order valence-corrected chi connectivity index (χ1v) is 13.9. The average molecular weight is 579 g/mol. The van der Waals surface area contributed by atoms with Crippen molar-refractivity contribution in [3.8, 4) is 5.75 Å². The molecule has 2 aliphatic rings. The first-order chi connectivity index (χ1) is 20.3. The summed E-state index contributed by atoms with van der Waals surface area (Å²) in [6.45, 7) is 3.36. The number of carbonyl (C=O) groups excluding carboxylic acids is 2. The minimum absolute atomic E-state index is 0.0835. The molecular formula is C33H30F4N2O3. The summed E-state index contributed by atoms with van der Waals surface area (Å²) in [5.74, 6) is -4.37. The van der Waals surface area contributed by atoms with Gasteiger partial charge < -0.3 is 9.64 Å². The third kappa shape index (κ3) is 7.15. The number of likely N-dealkylation sites (tertiary alicyclic amines) is 2. The zero-order chi connectivity index (χ0) is 29.6. The van der Waals surface area contributed by atoms with Crippen LogP contribution in [0.3, 0.4) is 0 Å². The smallest absolute Gasteiger partial charge is 0.254 e. The number of halogens is 4. The quantitative estimate of drug-likeness (QED) is 0.244. The molecular weight excluding hydrogens is 548 g/mol. The molecule has 2 saturated heterocycles. The SMILES string of the molecule is O=C1C(=Cc2ccc(F)c(F)c2)CN(C(=O)c2ccc(OCCN3CCCCC3)cc2)CC1=Cc1ccc(F)c(F)c1. The zero-order valence-corrected chi connectivity index (χ0v) is 22.9. The topological polar surface area (TPSA) is 49.9 Å². The van der Waals surface area contributed by atoms with E-state index < -0.39 is 29.1 Å². The van der Waals surface area contributed by atoms with Gasteiger partial charge in [-0.2, -0.15) is 0 Å². The third-order valence-electron chi connectivity index (χ3n) is 7.39. The van der Waals surface area contributed by atoms with Crippen molar-refractivity contribution in [1.29, 1.82) is 0 Å². The predicted molar refractivity (Wildman–Crippen MR) is 152 cm³/mol. The van der Waals surface area contributed by atoms with Crippen molar-refractivity contribution in [3.63, 3.8) is 0 Å². The summed E-state index contributed by atoms with van der Waals surface area (Å²) in [6.07, 6.45) is 6.45. The second-order valence-corrected chi connectivity index (χ2v) is 10.5. The van der Waals surface area contributed by atoms with Crippen LogP contribution in [0.25, 0.3) is 12.2 Å². The lowest BCUT2D eigenvalue weighted by Crippen LogP contribution is -2.41. The number of rotatable bonds is 7. The lowest BCUT2D eigenvalue weighted by molar-refractivity contribution is -0.113. The van der Waals surface area contributed by atoms with Crippen molar-refractivity contribution in [3.05, 3.63) is 112 Å². The van der Waals surface area contributed by atoms with E-state index in [1.165, 1.54) is 48.4 Å². The molecule has 0 aliphatic carbocycles. The van der Waals surface area contributed by atoms with E-state index in [1.54, 1.807) is 24.3 Å². The molecule has 218 valence electrons. The van der Waals surface area contributed by atoms with E-state index in [9.17, 15) is 27.2 Å². The number of amides is 1. The molecule has 2 fully saturated rings. The van der Waals surface area contributed by atoms with Gasteiger partial charge in [0.2, 0.25) is 0 Å². The molecule has 3 aromatic carbocycles. The standard InChI is InChI=1S/C33H30F4N2O3/c34-28-10-4-22(18-30(28)36)16-25-20-39(21-26(32(25)40)17-23-5-11-29(35)31(37)19-23)33(41)24-6-8-27(9-7-24)42-15-14-38-12-2-1-3-13-38/h4-11,16-19H,1-3,12-15,20-21H2. The van der Waals surface area contributed by atoms with Crippen LogP contribution in [0, 0.1) is 23.3 Å². The Hall–Kier alpha value is -4.24. The van der Waals surface area contributed by atoms with Gasteiger partial charge in [0.25, 0.3) is 5.91 Å². The molecule has 0 atom stereocenters. The Morgan fingerprint density at radius 1 is 0.738 bits per heavy atom. The number of ether oxygens (including phenoxy) is 1. The van der Waals surface area contributed by atoms with E-state index in [-0.39, 0.29) is 41.3 Å². The van der Waals surface area contributed by atoms with Gasteiger partial charge in [0.05, 0.1) is 13.1 Å². The van der Waals surface area contributed by atoms with Gasteiger partial charge in [-0.15, -0.1) is 0 Å². The van der Waals surface area contributed by atoms with Gasteiger partial charge in [-0.3, -0.25) is 14.5 Å². The molecule has 0 saturated carbocycles. The second kappa shape index (κ2) is 13.2. The molecule has 9 heteroatoms. The van der Waals surface area contributed by atoms with E-state index in [1.807, 2.05) is 0 Å². The number of carbonyl (C=O) groups is 2. The molecule has 0 unspecified atom stereocenters. The van der Waals surface area contributed by atoms with Crippen molar-refractivity contribution in [2.75, 3.05) is 39.3 Å². The molecule has 0 N–H and O–H groups in total. The number of hydrogen-bond acceptors (Lipinski definition) is 4. The predicted octanol–water partition coefficient (Wildman–Crippen LogP) is 6.30. The largest absolute Gasteiger partial charge is 0.492 e. The summed E-state index contributed by atoms with van der Waals surface area (Å²) in [5.41, 5.74) is 1.17. The lowest BCUT2D eigenvalue weighted by Gasteiger charge is -2.30. The van der Waals surface area contributed by atoms with Crippen LogP contribution in [0.1, 0.15) is 40.7 Å². The summed E-state index contributed by atoms with van der Waals surface area (Å²) < 4.78 is 60.5. The van der Waals surface area contributed by atoms with Gasteiger partial charge >= 0.3 is 0 Å². The van der Waals surface area contributed by atoms with Crippen LogP contribution in [-0.2, 0) is 4.79 Å². The highest BCUT2D eigenvalue weighted by Gasteiger charge is 2.30. The maximum absolute atomic E-state index is 13.9. The summed E-state index contributed by atoms with van der Waals surface area (Å²) in [6, 6.07) is 13.2. The molecule has 0 aromatic heterocycles. The summed E-state index contributed by atoms with van der Waals surface area (Å²) in [7, 11) is 0. The Bertz CT molecular complexity index is 1460. The number of piperidine rings is 2. The maximum atomic E-state index is 13.9. The van der Waals surface area contributed by atoms with Crippen LogP contribution >= 0.6 is 0 Å². The zero-order valence-electron chi connectivity index (χ0n) is 22.9. The van der Waals surface area contributed by atoms with E-state index in [0.717, 1.165) is 43.9 Å². The van der Waals surface area contributed by atoms with E-state index in [2.05, 4.69) is 4.90 Å². The molecule has 2 aliphatic heterocycles. The fourth-order valence-electron chi connectivity index (χ4n) is 5.14. The van der Waals surface area contributed by atoms with Gasteiger partial charge in [0.15, 0.2) is 29.1 Å². The van der Waals surface area contributed by atoms with Gasteiger partial charge in [0, 0.05) is 23.3 Å². The van der Waals surface area contributed by atoms with Crippen LogP contribution in [0.2, 0.25) is 0 Å². The molecule has 0 radical (unpaired) electrons. The molecule has 5 rings (SSSR count). The molecule has 0 bridgehead atoms. The van der Waals surface area contributed by atoms with Gasteiger partial charge in [-0.25, -0.2) is 17.6 Å². The Morgan fingerprint density at radius 2 is 1.29 bits per heavy atom. The van der Waals surface area contributed by atoms with E-state index >= 15 is 0 Å². The van der Waals surface area contributed by atoms with Crippen molar-refractivity contribution < 1.29 is 31.9 Å². The number of Topliss-reactive ketones (excluding diaryl/α,β-unsaturated/α-hetero) is 1. The van der Waals surface area contributed by atoms with Crippen LogP contribution in [-0.4, -0.2) is 60.8 Å². The molecule has 3 aromatic rings. The monoisotopic (exact) mass is 578 g/mol. The Morgan fingerprint density at radius 3 is 1.81 bits per heavy atom. The van der Waals surface area contributed by atoms with Crippen molar-refractivity contribution in [1.82, 2.24) is 9.80 Å². The summed E-state index contributed by atoms with van der Waals surface area (Å²) in [4.78, 5) is 30.7. The molecule has 2 heterocycles. The molecule has 0 spiro atoms. The summed E-state index contributed by atoms with van der Waals surface area (Å²) >= 11 is 0. The minimum Gasteiger partial charge on any atom is -0.492 e. The van der Waals surface area contributed by atoms with E-state index in [4.69, 9.17) is 4.74 Å². The molecule has 1 amide bonds. The number of benzene rings is 3. The van der Waals surface area contributed by atoms with Crippen molar-refractivity contribution in [2.24, 2.45) is 0 Å².